The van der Waals surface area contributed by atoms with E-state index in [2.05, 4.69) is 20.1 Å². The summed E-state index contributed by atoms with van der Waals surface area (Å²) in [5, 5.41) is 36.5. The third-order valence-corrected chi connectivity index (χ3v) is 5.53. The molecule has 1 amide bonds. The Morgan fingerprint density at radius 1 is 1.35 bits per heavy atom. The zero-order valence-corrected chi connectivity index (χ0v) is 18.5. The van der Waals surface area contributed by atoms with E-state index in [1.165, 1.54) is 13.1 Å². The number of nitrogens with one attached hydrogen (secondary N) is 1. The maximum Gasteiger partial charge on any atom is 0.418 e. The number of alkyl halides is 3. The minimum Gasteiger partial charge on any atom is -0.539 e. The average molecular weight is 510 g/mol. The summed E-state index contributed by atoms with van der Waals surface area (Å²) in [5.74, 6) is -2.62. The van der Waals surface area contributed by atoms with Gasteiger partial charge in [-0.3, -0.25) is 4.79 Å². The van der Waals surface area contributed by atoms with Gasteiger partial charge < -0.3 is 20.7 Å². The second-order valence-electron chi connectivity index (χ2n) is 6.51. The Bertz CT molecular complexity index is 1360. The van der Waals surface area contributed by atoms with Crippen molar-refractivity contribution < 1.29 is 32.3 Å². The Morgan fingerprint density at radius 3 is 2.59 bits per heavy atom. The van der Waals surface area contributed by atoms with Crippen LogP contribution in [0.15, 0.2) is 27.7 Å². The van der Waals surface area contributed by atoms with Gasteiger partial charge in [-0.25, -0.2) is 4.98 Å². The fourth-order valence-electron chi connectivity index (χ4n) is 2.90. The van der Waals surface area contributed by atoms with E-state index in [1.807, 2.05) is 6.07 Å². The molecule has 0 aliphatic carbocycles. The first-order chi connectivity index (χ1) is 16.0. The van der Waals surface area contributed by atoms with Gasteiger partial charge in [0, 0.05) is 5.02 Å². The maximum atomic E-state index is 13.2. The molecule has 1 aromatic carbocycles. The van der Waals surface area contributed by atoms with Crippen molar-refractivity contribution in [2.24, 2.45) is 7.05 Å². The van der Waals surface area contributed by atoms with Crippen molar-refractivity contribution in [3.63, 3.8) is 0 Å². The molecule has 2 heterocycles. The minimum absolute atomic E-state index is 0.128. The standard InChI is InChI=1S/C19H11ClF3N7O3S/c1-30-15(18(32)33-29-30)14-9(5-24)16(26)28-17(10(14)6-25)34-7-13(31)27-12-3-2-8(20)4-11(12)19(21,22)23/h2-4H,7H2,1H3,(H3-,26,27,28,29,31,32). The molecule has 0 aliphatic heterocycles. The molecule has 0 unspecified atom stereocenters. The lowest BCUT2D eigenvalue weighted by molar-refractivity contribution is -0.730. The van der Waals surface area contributed by atoms with Gasteiger partial charge in [0.1, 0.15) is 28.5 Å². The summed E-state index contributed by atoms with van der Waals surface area (Å²) in [6.07, 6.45) is -4.77. The van der Waals surface area contributed by atoms with Crippen LogP contribution in [0.5, 0.6) is 5.95 Å². The first-order valence-electron chi connectivity index (χ1n) is 8.94. The number of nitrogen functional groups attached to an aromatic ring is 1. The summed E-state index contributed by atoms with van der Waals surface area (Å²) in [6.45, 7) is 0. The summed E-state index contributed by atoms with van der Waals surface area (Å²) in [7, 11) is 1.34. The zero-order valence-electron chi connectivity index (χ0n) is 16.9. The van der Waals surface area contributed by atoms with Gasteiger partial charge in [0.05, 0.1) is 33.4 Å². The van der Waals surface area contributed by atoms with Gasteiger partial charge >= 0.3 is 6.18 Å². The van der Waals surface area contributed by atoms with Crippen LogP contribution in [0, 0.1) is 22.7 Å². The molecule has 3 rings (SSSR count). The third kappa shape index (κ3) is 4.83. The Balaban J connectivity index is 1.94. The van der Waals surface area contributed by atoms with Gasteiger partial charge in [0.15, 0.2) is 13.0 Å². The number of nitrogens with zero attached hydrogens (tertiary/aromatic N) is 5. The third-order valence-electron chi connectivity index (χ3n) is 4.32. The molecule has 0 aliphatic rings. The Labute approximate surface area is 198 Å². The van der Waals surface area contributed by atoms with E-state index in [0.717, 1.165) is 10.7 Å². The second kappa shape index (κ2) is 9.46. The number of hydrogen-bond acceptors (Lipinski definition) is 9. The highest BCUT2D eigenvalue weighted by Gasteiger charge is 2.34. The van der Waals surface area contributed by atoms with Crippen LogP contribution in [-0.2, 0) is 18.0 Å². The van der Waals surface area contributed by atoms with Crippen molar-refractivity contribution in [1.82, 2.24) is 10.3 Å². The summed E-state index contributed by atoms with van der Waals surface area (Å²) in [4.78, 5) is 16.3. The van der Waals surface area contributed by atoms with Gasteiger partial charge in [-0.05, 0) is 18.2 Å². The Hall–Kier alpha value is -4.01. The molecule has 3 aromatic rings. The van der Waals surface area contributed by atoms with Crippen LogP contribution < -0.4 is 20.8 Å². The second-order valence-corrected chi connectivity index (χ2v) is 7.91. The topological polar surface area (TPSA) is 169 Å². The molecule has 0 radical (unpaired) electrons. The van der Waals surface area contributed by atoms with Crippen molar-refractivity contribution in [3.05, 3.63) is 39.9 Å². The first-order valence-corrected chi connectivity index (χ1v) is 10.3. The van der Waals surface area contributed by atoms with Crippen LogP contribution in [0.1, 0.15) is 16.7 Å². The van der Waals surface area contributed by atoms with E-state index in [4.69, 9.17) is 17.3 Å². The predicted molar refractivity (Wildman–Crippen MR) is 110 cm³/mol. The van der Waals surface area contributed by atoms with Crippen molar-refractivity contribution in [1.29, 1.82) is 10.5 Å². The number of rotatable bonds is 5. The zero-order chi connectivity index (χ0) is 25.2. The van der Waals surface area contributed by atoms with E-state index in [9.17, 15) is 33.6 Å². The van der Waals surface area contributed by atoms with Gasteiger partial charge in [-0.2, -0.15) is 23.7 Å². The number of pyridine rings is 1. The van der Waals surface area contributed by atoms with Crippen LogP contribution in [0.2, 0.25) is 5.02 Å². The number of amides is 1. The van der Waals surface area contributed by atoms with Crippen LogP contribution >= 0.6 is 23.4 Å². The molecule has 0 saturated heterocycles. The monoisotopic (exact) mass is 509 g/mol. The lowest BCUT2D eigenvalue weighted by Crippen LogP contribution is -2.32. The van der Waals surface area contributed by atoms with E-state index >= 15 is 0 Å². The van der Waals surface area contributed by atoms with E-state index in [1.54, 1.807) is 6.07 Å². The minimum atomic E-state index is -4.77. The van der Waals surface area contributed by atoms with Crippen LogP contribution in [0.4, 0.5) is 24.7 Å². The fourth-order valence-corrected chi connectivity index (χ4v) is 3.86. The van der Waals surface area contributed by atoms with Crippen LogP contribution in [-0.4, -0.2) is 21.9 Å². The maximum absolute atomic E-state index is 13.2. The van der Waals surface area contributed by atoms with Crippen LogP contribution in [0.3, 0.4) is 0 Å². The Kier molecular flexibility index (Phi) is 6.85. The van der Waals surface area contributed by atoms with Crippen molar-refractivity contribution in [2.75, 3.05) is 16.8 Å². The first kappa shape index (κ1) is 24.6. The fraction of sp³-hybridized carbons (Fsp3) is 0.158. The highest BCUT2D eigenvalue weighted by Crippen LogP contribution is 2.38. The number of nitriles is 2. The number of nitrogens with two attached hydrogens (primary N) is 1. The molecule has 3 N–H and O–H groups in total. The summed E-state index contributed by atoms with van der Waals surface area (Å²) < 4.78 is 45.3. The Morgan fingerprint density at radius 2 is 2.03 bits per heavy atom. The lowest BCUT2D eigenvalue weighted by Gasteiger charge is -2.14. The number of anilines is 2. The molecular formula is C19H11ClF3N7O3S. The average Bonchev–Trinajstić information content (AvgIpc) is 3.09. The molecule has 0 saturated carbocycles. The molecule has 34 heavy (non-hydrogen) atoms. The molecular weight excluding hydrogens is 499 g/mol. The van der Waals surface area contributed by atoms with Crippen molar-refractivity contribution in [3.8, 4) is 29.3 Å². The number of thioether (sulfide) groups is 1. The van der Waals surface area contributed by atoms with Crippen molar-refractivity contribution in [2.45, 2.75) is 11.2 Å². The molecule has 2 aromatic heterocycles. The van der Waals surface area contributed by atoms with E-state index < -0.39 is 35.0 Å². The molecule has 0 spiro atoms. The van der Waals surface area contributed by atoms with Crippen LogP contribution in [0.25, 0.3) is 11.3 Å². The molecule has 15 heteroatoms. The number of carbonyl (C=O) groups is 1. The van der Waals surface area contributed by atoms with E-state index in [-0.39, 0.29) is 38.3 Å². The SMILES string of the molecule is C[n+]1noc([O-])c1-c1c(C#N)c(N)nc(SCC(=O)Nc2ccc(Cl)cc2C(F)(F)F)c1C#N. The number of aromatic nitrogens is 3. The highest BCUT2D eigenvalue weighted by molar-refractivity contribution is 8.00. The normalized spacial score (nSPS) is 11.0. The lowest BCUT2D eigenvalue weighted by atomic mass is 10.0. The number of carbonyl (C=O) groups excluding carboxylic acids is 1. The molecule has 0 bridgehead atoms. The number of halogens is 4. The van der Waals surface area contributed by atoms with Crippen molar-refractivity contribution >= 4 is 40.8 Å². The smallest absolute Gasteiger partial charge is 0.418 e. The summed E-state index contributed by atoms with van der Waals surface area (Å²) >= 11 is 6.29. The largest absolute Gasteiger partial charge is 0.539 e. The van der Waals surface area contributed by atoms with Gasteiger partial charge in [0.25, 0.3) is 5.69 Å². The van der Waals surface area contributed by atoms with Gasteiger partial charge in [-0.15, -0.1) is 0 Å². The summed E-state index contributed by atoms with van der Waals surface area (Å²) in [5.41, 5.74) is 3.19. The van der Waals surface area contributed by atoms with Gasteiger partial charge in [-0.1, -0.05) is 28.0 Å². The quantitative estimate of drug-likeness (QED) is 0.387. The molecule has 174 valence electrons. The number of aryl methyl sites for hydroxylation is 1. The molecule has 0 fully saturated rings. The number of benzene rings is 1. The number of hydrogen-bond donors (Lipinski definition) is 2. The molecule has 0 atom stereocenters. The highest BCUT2D eigenvalue weighted by atomic mass is 35.5. The summed E-state index contributed by atoms with van der Waals surface area (Å²) in [6, 6.07) is 6.44. The molecule has 10 nitrogen and oxygen atoms in total. The van der Waals surface area contributed by atoms with E-state index in [0.29, 0.717) is 17.8 Å². The van der Waals surface area contributed by atoms with Gasteiger partial charge in [0.2, 0.25) is 5.91 Å². The predicted octanol–water partition coefficient (Wildman–Crippen LogP) is 2.36.